The molecule has 8 rings (SSSR count). The normalized spacial score (nSPS) is 23.0. The number of fused-ring (bicyclic) bond motifs is 3. The van der Waals surface area contributed by atoms with E-state index >= 15 is 0 Å². The van der Waals surface area contributed by atoms with Crippen LogP contribution in [0.15, 0.2) is 126 Å². The average Bonchev–Trinajstić information content (AvgIpc) is 3.80. The SMILES string of the molecule is COc1ccc2c(O[C@@H]3C[C@@H](C(=O)N[C@]45C[C@H]4/C=C\CCCCCNc4ccccc4S(=O)(=O)NC5=O)N(C(=O)NCc4ccccc4)C3)cc(-c3ccccc3)nc2c1. The zero-order valence-corrected chi connectivity index (χ0v) is 34.1. The van der Waals surface area contributed by atoms with Crippen molar-refractivity contribution in [1.29, 1.82) is 0 Å². The average molecular weight is 829 g/mol. The van der Waals surface area contributed by atoms with Crippen molar-refractivity contribution in [2.45, 2.75) is 67.6 Å². The zero-order valence-electron chi connectivity index (χ0n) is 33.3. The van der Waals surface area contributed by atoms with Crippen molar-refractivity contribution in [3.8, 4) is 22.8 Å². The molecule has 2 aliphatic heterocycles. The van der Waals surface area contributed by atoms with Crippen LogP contribution in [0.2, 0.25) is 0 Å². The monoisotopic (exact) mass is 828 g/mol. The highest BCUT2D eigenvalue weighted by molar-refractivity contribution is 7.90. The van der Waals surface area contributed by atoms with Gasteiger partial charge in [0, 0.05) is 48.5 Å². The Hall–Kier alpha value is -6.41. The maximum atomic E-state index is 14.6. The highest BCUT2D eigenvalue weighted by atomic mass is 32.2. The number of hydrogen-bond acceptors (Lipinski definition) is 9. The molecule has 1 aliphatic carbocycles. The summed E-state index contributed by atoms with van der Waals surface area (Å²) in [6, 6.07) is 31.4. The number of carbonyl (C=O) groups excluding carboxylic acids is 3. The molecule has 13 nitrogen and oxygen atoms in total. The maximum absolute atomic E-state index is 14.6. The molecular weight excluding hydrogens is 781 g/mol. The Bertz CT molecular complexity index is 2520. The number of amides is 4. The van der Waals surface area contributed by atoms with Crippen molar-refractivity contribution in [2.75, 3.05) is 25.5 Å². The van der Waals surface area contributed by atoms with Crippen molar-refractivity contribution in [1.82, 2.24) is 25.2 Å². The van der Waals surface area contributed by atoms with Crippen LogP contribution in [0.1, 0.15) is 44.1 Å². The van der Waals surface area contributed by atoms with Crippen molar-refractivity contribution >= 4 is 44.5 Å². The van der Waals surface area contributed by atoms with Crippen LogP contribution in [0, 0.1) is 5.92 Å². The Labute approximate surface area is 349 Å². The lowest BCUT2D eigenvalue weighted by Crippen LogP contribution is -2.57. The minimum absolute atomic E-state index is 0.0556. The number of carbonyl (C=O) groups is 3. The fourth-order valence-corrected chi connectivity index (χ4v) is 9.24. The number of allylic oxidation sites excluding steroid dienone is 1. The number of likely N-dealkylation sites (tertiary alicyclic amines) is 1. The second kappa shape index (κ2) is 17.4. The largest absolute Gasteiger partial charge is 0.497 e. The summed E-state index contributed by atoms with van der Waals surface area (Å²) < 4.78 is 42.1. The number of hydrogen-bond donors (Lipinski definition) is 4. The van der Waals surface area contributed by atoms with Crippen LogP contribution < -0.4 is 30.1 Å². The fourth-order valence-electron chi connectivity index (χ4n) is 8.02. The molecular formula is C46H48N6O7S. The number of pyridine rings is 1. The number of ether oxygens (including phenoxy) is 2. The highest BCUT2D eigenvalue weighted by Crippen LogP contribution is 2.46. The lowest BCUT2D eigenvalue weighted by molar-refractivity contribution is -0.131. The first-order chi connectivity index (χ1) is 29.1. The van der Waals surface area contributed by atoms with Crippen molar-refractivity contribution in [3.05, 3.63) is 127 Å². The van der Waals surface area contributed by atoms with Crippen LogP contribution in [-0.4, -0.2) is 74.0 Å². The minimum Gasteiger partial charge on any atom is -0.497 e. The van der Waals surface area contributed by atoms with E-state index in [1.54, 1.807) is 25.3 Å². The Kier molecular flexibility index (Phi) is 11.7. The van der Waals surface area contributed by atoms with Crippen molar-refractivity contribution < 1.29 is 32.3 Å². The van der Waals surface area contributed by atoms with Gasteiger partial charge in [0.05, 0.1) is 30.6 Å². The van der Waals surface area contributed by atoms with Gasteiger partial charge in [-0.25, -0.2) is 22.9 Å². The number of methoxy groups -OCH3 is 1. The summed E-state index contributed by atoms with van der Waals surface area (Å²) in [6.45, 7) is 0.857. The number of para-hydroxylation sites is 1. The molecule has 4 aromatic carbocycles. The number of rotatable bonds is 8. The summed E-state index contributed by atoms with van der Waals surface area (Å²) in [4.78, 5) is 49.1. The Morgan fingerprint density at radius 2 is 1.70 bits per heavy atom. The van der Waals surface area contributed by atoms with Gasteiger partial charge in [-0.2, -0.15) is 0 Å². The van der Waals surface area contributed by atoms with Crippen LogP contribution in [0.3, 0.4) is 0 Å². The lowest BCUT2D eigenvalue weighted by atomic mass is 10.1. The van der Waals surface area contributed by atoms with Gasteiger partial charge in [0.15, 0.2) is 0 Å². The molecule has 5 aromatic rings. The number of sulfonamides is 1. The van der Waals surface area contributed by atoms with E-state index in [0.29, 0.717) is 34.9 Å². The van der Waals surface area contributed by atoms with Gasteiger partial charge in [-0.3, -0.25) is 9.59 Å². The molecule has 4 amide bonds. The summed E-state index contributed by atoms with van der Waals surface area (Å²) in [6.07, 6.45) is 6.99. The first-order valence-electron chi connectivity index (χ1n) is 20.3. The quantitative estimate of drug-likeness (QED) is 0.127. The van der Waals surface area contributed by atoms with Crippen LogP contribution in [0.5, 0.6) is 11.5 Å². The Balaban J connectivity index is 1.09. The van der Waals surface area contributed by atoms with Gasteiger partial charge >= 0.3 is 6.03 Å². The molecule has 0 unspecified atom stereocenters. The molecule has 3 heterocycles. The number of nitrogens with one attached hydrogen (secondary N) is 4. The topological polar surface area (TPSA) is 168 Å². The fraction of sp³-hybridized carbons (Fsp3) is 0.304. The number of urea groups is 1. The van der Waals surface area contributed by atoms with Crippen LogP contribution in [0.4, 0.5) is 10.5 Å². The van der Waals surface area contributed by atoms with Crippen molar-refractivity contribution in [3.63, 3.8) is 0 Å². The molecule has 0 bridgehead atoms. The van der Waals surface area contributed by atoms with E-state index in [9.17, 15) is 22.8 Å². The van der Waals surface area contributed by atoms with E-state index in [-0.39, 0.29) is 30.8 Å². The summed E-state index contributed by atoms with van der Waals surface area (Å²) in [7, 11) is -2.75. The van der Waals surface area contributed by atoms with Gasteiger partial charge in [0.1, 0.15) is 34.1 Å². The molecule has 60 heavy (non-hydrogen) atoms. The Morgan fingerprint density at radius 1 is 0.933 bits per heavy atom. The summed E-state index contributed by atoms with van der Waals surface area (Å²) in [5.74, 6) is -0.740. The zero-order chi connectivity index (χ0) is 41.7. The summed E-state index contributed by atoms with van der Waals surface area (Å²) in [5.41, 5.74) is 1.91. The molecule has 3 aliphatic rings. The maximum Gasteiger partial charge on any atom is 0.318 e. The Morgan fingerprint density at radius 3 is 2.50 bits per heavy atom. The van der Waals surface area contributed by atoms with Gasteiger partial charge < -0.3 is 30.3 Å². The van der Waals surface area contributed by atoms with Crippen LogP contribution >= 0.6 is 0 Å². The predicted molar refractivity (Wildman–Crippen MR) is 229 cm³/mol. The number of anilines is 1. The number of nitrogens with zero attached hydrogens (tertiary/aromatic N) is 2. The van der Waals surface area contributed by atoms with Gasteiger partial charge in [0.25, 0.3) is 15.9 Å². The smallest absolute Gasteiger partial charge is 0.318 e. The van der Waals surface area contributed by atoms with E-state index in [1.807, 2.05) is 97.1 Å². The first-order valence-corrected chi connectivity index (χ1v) is 21.8. The molecule has 2 fully saturated rings. The summed E-state index contributed by atoms with van der Waals surface area (Å²) in [5, 5.41) is 9.82. The van der Waals surface area contributed by atoms with E-state index in [1.165, 1.54) is 11.0 Å². The highest BCUT2D eigenvalue weighted by Gasteiger charge is 2.61. The van der Waals surface area contributed by atoms with Crippen molar-refractivity contribution in [2.24, 2.45) is 5.92 Å². The standard InChI is InChI=1S/C46H48N6O7S/c1-58-34-22-23-36-39(25-34)49-38(32-17-9-6-10-18-32)27-41(36)59-35-26-40(52(30-35)45(55)48-29-31-15-7-5-8-16-31)43(53)50-46-28-33(46)19-11-3-2-4-14-24-47-37-20-12-13-21-42(37)60(56,57)51-44(46)54/h5-13,15-23,25,27,33,35,40,47H,2-4,14,24,26,28-30H2,1H3,(H,48,55)(H,50,53)(H,51,54)/b19-11-/t33-,35-,40+,46-/m1/s1. The number of aromatic nitrogens is 1. The minimum atomic E-state index is -4.34. The van der Waals surface area contributed by atoms with Gasteiger partial charge in [-0.15, -0.1) is 0 Å². The van der Waals surface area contributed by atoms with E-state index in [2.05, 4.69) is 20.7 Å². The molecule has 0 radical (unpaired) electrons. The van der Waals surface area contributed by atoms with E-state index in [4.69, 9.17) is 14.5 Å². The third kappa shape index (κ3) is 8.79. The molecule has 4 N–H and O–H groups in total. The molecule has 1 aromatic heterocycles. The predicted octanol–water partition coefficient (Wildman–Crippen LogP) is 6.56. The third-order valence-electron chi connectivity index (χ3n) is 11.4. The second-order valence-corrected chi connectivity index (χ2v) is 17.1. The molecule has 4 atom stereocenters. The first kappa shape index (κ1) is 40.4. The molecule has 1 saturated heterocycles. The second-order valence-electron chi connectivity index (χ2n) is 15.4. The van der Waals surface area contributed by atoms with E-state index < -0.39 is 51.5 Å². The number of benzene rings is 4. The van der Waals surface area contributed by atoms with Gasteiger partial charge in [-0.1, -0.05) is 91.4 Å². The lowest BCUT2D eigenvalue weighted by Gasteiger charge is -2.26. The van der Waals surface area contributed by atoms with Crippen LogP contribution in [-0.2, 0) is 26.2 Å². The molecule has 14 heteroatoms. The van der Waals surface area contributed by atoms with Crippen LogP contribution in [0.25, 0.3) is 22.2 Å². The van der Waals surface area contributed by atoms with Gasteiger partial charge in [-0.05, 0) is 55.5 Å². The van der Waals surface area contributed by atoms with Gasteiger partial charge in [0.2, 0.25) is 5.91 Å². The third-order valence-corrected chi connectivity index (χ3v) is 12.7. The molecule has 0 spiro atoms. The van der Waals surface area contributed by atoms with E-state index in [0.717, 1.165) is 42.2 Å². The molecule has 1 saturated carbocycles. The molecule has 310 valence electrons. The summed E-state index contributed by atoms with van der Waals surface area (Å²) >= 11 is 0.